The lowest BCUT2D eigenvalue weighted by Crippen LogP contribution is -2.62. The zero-order valence-electron chi connectivity index (χ0n) is 21.2. The molecular formula is C27H44O6. The maximum Gasteiger partial charge on any atom is 0.305 e. The fraction of sp³-hybridized carbons (Fsp3) is 0.926. The fourth-order valence-corrected chi connectivity index (χ4v) is 8.96. The van der Waals surface area contributed by atoms with Crippen LogP contribution in [0.3, 0.4) is 0 Å². The molecule has 4 aliphatic carbocycles. The van der Waals surface area contributed by atoms with Gasteiger partial charge in [-0.3, -0.25) is 9.59 Å². The lowest BCUT2D eigenvalue weighted by atomic mass is 9.43. The minimum atomic E-state index is -0.351. The number of carbonyl (C=O) groups is 2. The number of methoxy groups -OCH3 is 2. The molecule has 0 bridgehead atoms. The number of aliphatic hydroxyl groups is 1. The zero-order valence-corrected chi connectivity index (χ0v) is 21.2. The van der Waals surface area contributed by atoms with E-state index in [0.717, 1.165) is 38.5 Å². The van der Waals surface area contributed by atoms with E-state index in [1.165, 1.54) is 7.11 Å². The van der Waals surface area contributed by atoms with Crippen molar-refractivity contribution in [3.05, 3.63) is 0 Å². The first-order valence-electron chi connectivity index (χ1n) is 13.0. The molecular weight excluding hydrogens is 420 g/mol. The number of esters is 1. The number of ether oxygens (including phenoxy) is 3. The Morgan fingerprint density at radius 2 is 1.94 bits per heavy atom. The van der Waals surface area contributed by atoms with E-state index >= 15 is 0 Å². The van der Waals surface area contributed by atoms with Gasteiger partial charge in [0.15, 0.2) is 0 Å². The molecule has 0 heterocycles. The molecule has 0 spiro atoms. The quantitative estimate of drug-likeness (QED) is 0.445. The molecule has 6 heteroatoms. The van der Waals surface area contributed by atoms with E-state index in [9.17, 15) is 14.7 Å². The summed E-state index contributed by atoms with van der Waals surface area (Å²) in [6, 6.07) is 0. The van der Waals surface area contributed by atoms with Crippen molar-refractivity contribution in [3.63, 3.8) is 0 Å². The Labute approximate surface area is 199 Å². The van der Waals surface area contributed by atoms with Crippen molar-refractivity contribution < 1.29 is 28.9 Å². The largest absolute Gasteiger partial charge is 0.469 e. The van der Waals surface area contributed by atoms with Crippen LogP contribution in [0.15, 0.2) is 0 Å². The van der Waals surface area contributed by atoms with Gasteiger partial charge in [-0.05, 0) is 79.4 Å². The molecule has 4 aliphatic rings. The summed E-state index contributed by atoms with van der Waals surface area (Å²) in [6.45, 7) is 7.30. The number of rotatable bonds is 7. The Kier molecular flexibility index (Phi) is 7.29. The molecule has 0 radical (unpaired) electrons. The molecule has 4 saturated carbocycles. The number of aliphatic hydroxyl groups excluding tert-OH is 1. The highest BCUT2D eigenvalue weighted by Gasteiger charge is 2.66. The Morgan fingerprint density at radius 3 is 2.64 bits per heavy atom. The monoisotopic (exact) mass is 464 g/mol. The predicted molar refractivity (Wildman–Crippen MR) is 124 cm³/mol. The van der Waals surface area contributed by atoms with E-state index in [1.54, 1.807) is 7.11 Å². The second kappa shape index (κ2) is 9.58. The SMILES string of the molecule is COCO[C@H]1C[C@H]2[C@@H]([C@H](O)C[C@@H]3CC(=O)CC[C@@]32C)[C@@H]2CC[C@H](C(C)CCC(=O)OC)[C@@]12C. The van der Waals surface area contributed by atoms with E-state index in [1.807, 2.05) is 0 Å². The number of hydrogen-bond donors (Lipinski definition) is 1. The molecule has 0 aromatic rings. The van der Waals surface area contributed by atoms with Crippen molar-refractivity contribution in [1.82, 2.24) is 0 Å². The molecule has 0 aromatic heterocycles. The topological polar surface area (TPSA) is 82.1 Å². The summed E-state index contributed by atoms with van der Waals surface area (Å²) in [5.74, 6) is 2.30. The van der Waals surface area contributed by atoms with Gasteiger partial charge in [0.05, 0.1) is 19.3 Å². The Balaban J connectivity index is 1.64. The van der Waals surface area contributed by atoms with Gasteiger partial charge in [-0.25, -0.2) is 0 Å². The van der Waals surface area contributed by atoms with Crippen LogP contribution in [-0.4, -0.2) is 50.1 Å². The second-order valence-electron chi connectivity index (χ2n) is 12.0. The summed E-state index contributed by atoms with van der Waals surface area (Å²) in [7, 11) is 3.12. The molecule has 33 heavy (non-hydrogen) atoms. The van der Waals surface area contributed by atoms with Crippen LogP contribution in [0.1, 0.15) is 78.6 Å². The van der Waals surface area contributed by atoms with E-state index in [0.29, 0.717) is 48.7 Å². The van der Waals surface area contributed by atoms with Crippen LogP contribution in [0.25, 0.3) is 0 Å². The summed E-state index contributed by atoms with van der Waals surface area (Å²) in [5.41, 5.74) is 0.0201. The van der Waals surface area contributed by atoms with E-state index < -0.39 is 0 Å². The van der Waals surface area contributed by atoms with E-state index in [4.69, 9.17) is 14.2 Å². The minimum absolute atomic E-state index is 0.0529. The summed E-state index contributed by atoms with van der Waals surface area (Å²) >= 11 is 0. The third-order valence-corrected chi connectivity index (χ3v) is 10.7. The molecule has 0 aromatic carbocycles. The highest BCUT2D eigenvalue weighted by atomic mass is 16.7. The molecule has 4 fully saturated rings. The average molecular weight is 465 g/mol. The van der Waals surface area contributed by atoms with Crippen LogP contribution >= 0.6 is 0 Å². The van der Waals surface area contributed by atoms with Crippen molar-refractivity contribution in [2.75, 3.05) is 21.0 Å². The van der Waals surface area contributed by atoms with Gasteiger partial charge in [0.1, 0.15) is 12.6 Å². The van der Waals surface area contributed by atoms with Crippen molar-refractivity contribution in [3.8, 4) is 0 Å². The number of Topliss-reactive ketones (excluding diaryl/α,β-unsaturated/α-hetero) is 1. The van der Waals surface area contributed by atoms with Crippen molar-refractivity contribution in [1.29, 1.82) is 0 Å². The van der Waals surface area contributed by atoms with E-state index in [-0.39, 0.29) is 47.6 Å². The molecule has 0 saturated heterocycles. The Morgan fingerprint density at radius 1 is 1.18 bits per heavy atom. The van der Waals surface area contributed by atoms with E-state index in [2.05, 4.69) is 20.8 Å². The molecule has 0 aliphatic heterocycles. The zero-order chi connectivity index (χ0) is 24.0. The maximum absolute atomic E-state index is 12.3. The van der Waals surface area contributed by atoms with Crippen LogP contribution in [0.5, 0.6) is 0 Å². The highest BCUT2D eigenvalue weighted by molar-refractivity contribution is 5.79. The number of hydrogen-bond acceptors (Lipinski definition) is 6. The summed E-state index contributed by atoms with van der Waals surface area (Å²) < 4.78 is 16.7. The molecule has 1 unspecified atom stereocenters. The molecule has 0 amide bonds. The standard InChI is InChI=1S/C27H44O6/c1-16(6-9-24(30)32-5)19-7-8-20-25-21(14-23(27(19,20)3)33-15-31-4)26(2)11-10-18(28)12-17(26)13-22(25)29/h16-17,19-23,25,29H,6-15H2,1-5H3/t16?,17-,19+,20-,21-,22+,23-,25-,26-,27+/m0/s1. The van der Waals surface area contributed by atoms with Gasteiger partial charge in [0.25, 0.3) is 0 Å². The third kappa shape index (κ3) is 4.18. The number of carbonyl (C=O) groups excluding carboxylic acids is 2. The predicted octanol–water partition coefficient (Wildman–Crippen LogP) is 4.37. The smallest absolute Gasteiger partial charge is 0.305 e. The van der Waals surface area contributed by atoms with Crippen molar-refractivity contribution in [2.24, 2.45) is 46.3 Å². The Hall–Kier alpha value is -0.980. The lowest BCUT2D eigenvalue weighted by Gasteiger charge is -2.63. The van der Waals surface area contributed by atoms with Crippen molar-refractivity contribution >= 4 is 11.8 Å². The summed E-state index contributed by atoms with van der Waals surface area (Å²) in [5, 5.41) is 11.5. The maximum atomic E-state index is 12.3. The highest BCUT2D eigenvalue weighted by Crippen LogP contribution is 2.68. The normalized spacial score (nSPS) is 45.6. The van der Waals surface area contributed by atoms with Crippen LogP contribution < -0.4 is 0 Å². The second-order valence-corrected chi connectivity index (χ2v) is 12.0. The van der Waals surface area contributed by atoms with Crippen LogP contribution in [0.2, 0.25) is 0 Å². The van der Waals surface area contributed by atoms with Crippen LogP contribution in [0.4, 0.5) is 0 Å². The van der Waals surface area contributed by atoms with Gasteiger partial charge in [-0.15, -0.1) is 0 Å². The first-order valence-corrected chi connectivity index (χ1v) is 13.0. The molecule has 188 valence electrons. The first kappa shape index (κ1) is 25.1. The Bertz CT molecular complexity index is 738. The van der Waals surface area contributed by atoms with Gasteiger partial charge in [-0.2, -0.15) is 0 Å². The summed E-state index contributed by atoms with van der Waals surface area (Å²) in [4.78, 5) is 24.1. The number of fused-ring (bicyclic) bond motifs is 5. The van der Waals surface area contributed by atoms with Gasteiger partial charge in [-0.1, -0.05) is 20.8 Å². The summed E-state index contributed by atoms with van der Waals surface area (Å²) in [6.07, 6.45) is 7.05. The van der Waals surface area contributed by atoms with Crippen LogP contribution in [0, 0.1) is 46.3 Å². The van der Waals surface area contributed by atoms with Gasteiger partial charge >= 0.3 is 5.97 Å². The average Bonchev–Trinajstić information content (AvgIpc) is 3.15. The van der Waals surface area contributed by atoms with Gasteiger partial charge < -0.3 is 19.3 Å². The van der Waals surface area contributed by atoms with Gasteiger partial charge in [0.2, 0.25) is 0 Å². The lowest BCUT2D eigenvalue weighted by molar-refractivity contribution is -0.227. The molecule has 10 atom stereocenters. The fourth-order valence-electron chi connectivity index (χ4n) is 8.96. The van der Waals surface area contributed by atoms with Crippen LogP contribution in [-0.2, 0) is 23.8 Å². The molecule has 1 N–H and O–H groups in total. The molecule has 4 rings (SSSR count). The minimum Gasteiger partial charge on any atom is -0.469 e. The first-order chi connectivity index (χ1) is 15.7. The van der Waals surface area contributed by atoms with Crippen molar-refractivity contribution in [2.45, 2.75) is 90.8 Å². The number of ketones is 1. The molecule has 6 nitrogen and oxygen atoms in total. The third-order valence-electron chi connectivity index (χ3n) is 10.7. The van der Waals surface area contributed by atoms with Gasteiger partial charge in [0, 0.05) is 31.8 Å².